The Balaban J connectivity index is 3.49. The van der Waals surface area contributed by atoms with Crippen LogP contribution < -0.4 is 0 Å². The zero-order chi connectivity index (χ0) is 7.98. The van der Waals surface area contributed by atoms with Crippen molar-refractivity contribution in [2.75, 3.05) is 6.61 Å². The number of rotatable bonds is 5. The minimum Gasteiger partial charge on any atom is -0.499 e. The van der Waals surface area contributed by atoms with E-state index in [1.165, 1.54) is 12.8 Å². The van der Waals surface area contributed by atoms with Gasteiger partial charge in [0.25, 0.3) is 0 Å². The monoisotopic (exact) mass is 142 g/mol. The van der Waals surface area contributed by atoms with Crippen molar-refractivity contribution in [1.82, 2.24) is 0 Å². The second kappa shape index (κ2) is 5.33. The van der Waals surface area contributed by atoms with E-state index >= 15 is 0 Å². The van der Waals surface area contributed by atoms with Gasteiger partial charge in [0.05, 0.1) is 12.4 Å². The van der Waals surface area contributed by atoms with E-state index in [0.717, 1.165) is 12.4 Å². The molecule has 1 nitrogen and oxygen atoms in total. The Bertz CT molecular complexity index is 96.9. The van der Waals surface area contributed by atoms with Crippen molar-refractivity contribution in [2.24, 2.45) is 5.92 Å². The lowest BCUT2D eigenvalue weighted by molar-refractivity contribution is 0.193. The average Bonchev–Trinajstić information content (AvgIpc) is 1.89. The molecule has 0 rings (SSSR count). The van der Waals surface area contributed by atoms with Crippen LogP contribution in [-0.4, -0.2) is 6.61 Å². The number of hydrogen-bond acceptors (Lipinski definition) is 1. The van der Waals surface area contributed by atoms with Gasteiger partial charge in [0.1, 0.15) is 0 Å². The van der Waals surface area contributed by atoms with Crippen molar-refractivity contribution < 1.29 is 4.74 Å². The maximum absolute atomic E-state index is 5.26. The van der Waals surface area contributed by atoms with Gasteiger partial charge in [-0.05, 0) is 13.3 Å². The van der Waals surface area contributed by atoms with Crippen LogP contribution in [-0.2, 0) is 4.74 Å². The highest BCUT2D eigenvalue weighted by Crippen LogP contribution is 2.14. The Hall–Kier alpha value is -0.460. The van der Waals surface area contributed by atoms with Crippen LogP contribution in [0.2, 0.25) is 0 Å². The summed E-state index contributed by atoms with van der Waals surface area (Å²) >= 11 is 0. The van der Waals surface area contributed by atoms with Crippen LogP contribution in [0.4, 0.5) is 0 Å². The smallest absolute Gasteiger partial charge is 0.0916 e. The van der Waals surface area contributed by atoms with Gasteiger partial charge in [-0.1, -0.05) is 26.8 Å². The van der Waals surface area contributed by atoms with Crippen molar-refractivity contribution in [2.45, 2.75) is 33.6 Å². The molecule has 0 saturated heterocycles. The van der Waals surface area contributed by atoms with Crippen LogP contribution in [0.25, 0.3) is 0 Å². The molecule has 60 valence electrons. The zero-order valence-electron chi connectivity index (χ0n) is 7.31. The molecular formula is C9H18O. The molecular weight excluding hydrogens is 124 g/mol. The van der Waals surface area contributed by atoms with Gasteiger partial charge in [0.15, 0.2) is 0 Å². The fraction of sp³-hybridized carbons (Fsp3) is 0.778. The maximum atomic E-state index is 5.26. The zero-order valence-corrected chi connectivity index (χ0v) is 7.31. The van der Waals surface area contributed by atoms with Crippen LogP contribution in [0.15, 0.2) is 12.3 Å². The van der Waals surface area contributed by atoms with Gasteiger partial charge < -0.3 is 4.74 Å². The summed E-state index contributed by atoms with van der Waals surface area (Å²) in [6.07, 6.45) is 2.38. The largest absolute Gasteiger partial charge is 0.499 e. The van der Waals surface area contributed by atoms with Crippen LogP contribution in [0.5, 0.6) is 0 Å². The Morgan fingerprint density at radius 3 is 2.50 bits per heavy atom. The highest BCUT2D eigenvalue weighted by Gasteiger charge is 2.04. The van der Waals surface area contributed by atoms with Gasteiger partial charge in [0, 0.05) is 5.92 Å². The molecule has 10 heavy (non-hydrogen) atoms. The molecule has 1 atom stereocenters. The SMILES string of the molecule is C=C(OCC)C(C)CCC. The molecule has 0 saturated carbocycles. The third kappa shape index (κ3) is 3.54. The van der Waals surface area contributed by atoms with E-state index in [1.807, 2.05) is 6.92 Å². The van der Waals surface area contributed by atoms with Gasteiger partial charge in [0.2, 0.25) is 0 Å². The molecule has 0 aromatic rings. The van der Waals surface area contributed by atoms with E-state index in [1.54, 1.807) is 0 Å². The minimum absolute atomic E-state index is 0.518. The molecule has 1 heteroatoms. The lowest BCUT2D eigenvalue weighted by atomic mass is 10.1. The fourth-order valence-corrected chi connectivity index (χ4v) is 0.922. The standard InChI is InChI=1S/C9H18O/c1-5-7-8(3)9(4)10-6-2/h8H,4-7H2,1-3H3. The first kappa shape index (κ1) is 9.54. The Morgan fingerprint density at radius 1 is 1.50 bits per heavy atom. The molecule has 0 spiro atoms. The molecule has 0 aliphatic carbocycles. The van der Waals surface area contributed by atoms with E-state index < -0.39 is 0 Å². The summed E-state index contributed by atoms with van der Waals surface area (Å²) in [4.78, 5) is 0. The highest BCUT2D eigenvalue weighted by atomic mass is 16.5. The summed E-state index contributed by atoms with van der Waals surface area (Å²) in [5, 5.41) is 0. The second-order valence-electron chi connectivity index (χ2n) is 2.59. The first-order chi connectivity index (χ1) is 4.72. The molecule has 0 aliphatic heterocycles. The van der Waals surface area contributed by atoms with E-state index in [-0.39, 0.29) is 0 Å². The molecule has 0 aliphatic rings. The lowest BCUT2D eigenvalue weighted by Gasteiger charge is -2.13. The Labute approximate surface area is 64.1 Å². The average molecular weight is 142 g/mol. The highest BCUT2D eigenvalue weighted by molar-refractivity contribution is 4.87. The maximum Gasteiger partial charge on any atom is 0.0916 e. The first-order valence-corrected chi connectivity index (χ1v) is 4.03. The quantitative estimate of drug-likeness (QED) is 0.536. The fourth-order valence-electron chi connectivity index (χ4n) is 0.922. The van der Waals surface area contributed by atoms with Crippen LogP contribution in [0.1, 0.15) is 33.6 Å². The molecule has 0 amide bonds. The summed E-state index contributed by atoms with van der Waals surface area (Å²) < 4.78 is 5.26. The van der Waals surface area contributed by atoms with E-state index in [4.69, 9.17) is 4.74 Å². The predicted octanol–water partition coefficient (Wildman–Crippen LogP) is 2.97. The number of hydrogen-bond donors (Lipinski definition) is 0. The van der Waals surface area contributed by atoms with Gasteiger partial charge >= 0.3 is 0 Å². The van der Waals surface area contributed by atoms with Crippen molar-refractivity contribution in [1.29, 1.82) is 0 Å². The van der Waals surface area contributed by atoms with Crippen molar-refractivity contribution in [3.8, 4) is 0 Å². The summed E-state index contributed by atoms with van der Waals surface area (Å²) in [5.74, 6) is 1.45. The molecule has 0 fully saturated rings. The third-order valence-electron chi connectivity index (χ3n) is 1.60. The molecule has 0 aromatic carbocycles. The molecule has 0 heterocycles. The van der Waals surface area contributed by atoms with Gasteiger partial charge in [-0.15, -0.1) is 0 Å². The van der Waals surface area contributed by atoms with Gasteiger partial charge in [-0.3, -0.25) is 0 Å². The molecule has 0 radical (unpaired) electrons. The topological polar surface area (TPSA) is 9.23 Å². The normalized spacial score (nSPS) is 12.7. The Kier molecular flexibility index (Phi) is 5.09. The van der Waals surface area contributed by atoms with Gasteiger partial charge in [-0.2, -0.15) is 0 Å². The van der Waals surface area contributed by atoms with E-state index in [9.17, 15) is 0 Å². The lowest BCUT2D eigenvalue weighted by Crippen LogP contribution is -2.01. The molecule has 0 bridgehead atoms. The summed E-state index contributed by atoms with van der Waals surface area (Å²) in [6, 6.07) is 0. The number of ether oxygens (including phenoxy) is 1. The van der Waals surface area contributed by atoms with Crippen molar-refractivity contribution in [3.05, 3.63) is 12.3 Å². The molecule has 0 N–H and O–H groups in total. The van der Waals surface area contributed by atoms with E-state index in [2.05, 4.69) is 20.4 Å². The molecule has 0 aromatic heterocycles. The summed E-state index contributed by atoms with van der Waals surface area (Å²) in [6.45, 7) is 10.9. The van der Waals surface area contributed by atoms with Gasteiger partial charge in [-0.25, -0.2) is 0 Å². The predicted molar refractivity (Wildman–Crippen MR) is 44.8 cm³/mol. The molecule has 1 unspecified atom stereocenters. The van der Waals surface area contributed by atoms with Crippen molar-refractivity contribution >= 4 is 0 Å². The van der Waals surface area contributed by atoms with Crippen LogP contribution in [0, 0.1) is 5.92 Å². The van der Waals surface area contributed by atoms with Crippen molar-refractivity contribution in [3.63, 3.8) is 0 Å². The number of allylic oxidation sites excluding steroid dienone is 1. The van der Waals surface area contributed by atoms with Crippen LogP contribution >= 0.6 is 0 Å². The second-order valence-corrected chi connectivity index (χ2v) is 2.59. The summed E-state index contributed by atoms with van der Waals surface area (Å²) in [7, 11) is 0. The first-order valence-electron chi connectivity index (χ1n) is 4.03. The third-order valence-corrected chi connectivity index (χ3v) is 1.60. The minimum atomic E-state index is 0.518. The van der Waals surface area contributed by atoms with E-state index in [0.29, 0.717) is 5.92 Å². The Morgan fingerprint density at radius 2 is 2.10 bits per heavy atom. The summed E-state index contributed by atoms with van der Waals surface area (Å²) in [5.41, 5.74) is 0. The van der Waals surface area contributed by atoms with Crippen LogP contribution in [0.3, 0.4) is 0 Å².